The van der Waals surface area contributed by atoms with Crippen LogP contribution in [-0.4, -0.2) is 70.5 Å². The summed E-state index contributed by atoms with van der Waals surface area (Å²) in [5, 5.41) is 15.0. The number of hydrogen-bond donors (Lipinski definition) is 4. The summed E-state index contributed by atoms with van der Waals surface area (Å²) in [5.74, 6) is 0. The first kappa shape index (κ1) is 26.3. The van der Waals surface area contributed by atoms with Crippen LogP contribution in [0, 0.1) is 0 Å². The van der Waals surface area contributed by atoms with E-state index in [1.54, 1.807) is 4.90 Å². The van der Waals surface area contributed by atoms with E-state index in [2.05, 4.69) is 10.6 Å². The summed E-state index contributed by atoms with van der Waals surface area (Å²) < 4.78 is 43.7. The number of piperidine rings is 2. The average Bonchev–Trinajstić information content (AvgIpc) is 2.54. The molecule has 0 atom stereocenters. The molecule has 0 aromatic carbocycles. The molecule has 0 aromatic rings. The Morgan fingerprint density at radius 2 is 1.37 bits per heavy atom. The predicted octanol–water partition coefficient (Wildman–Crippen LogP) is -0.694. The summed E-state index contributed by atoms with van der Waals surface area (Å²) >= 11 is 0. The van der Waals surface area contributed by atoms with Gasteiger partial charge in [0.15, 0.2) is 0 Å². The fourth-order valence-corrected chi connectivity index (χ4v) is 4.61. The zero-order valence-corrected chi connectivity index (χ0v) is 18.2. The van der Waals surface area contributed by atoms with E-state index >= 15 is 0 Å². The van der Waals surface area contributed by atoms with Gasteiger partial charge in [0.2, 0.25) is 20.0 Å². The van der Waals surface area contributed by atoms with Crippen molar-refractivity contribution in [2.45, 2.75) is 56.1 Å². The average molecular weight is 450 g/mol. The Morgan fingerprint density at radius 1 is 0.963 bits per heavy atom. The molecule has 2 heterocycles. The molecule has 10 nitrogen and oxygen atoms in total. The summed E-state index contributed by atoms with van der Waals surface area (Å²) in [5.41, 5.74) is 0. The van der Waals surface area contributed by atoms with E-state index in [0.29, 0.717) is 38.8 Å². The molecule has 0 aromatic heterocycles. The second kappa shape index (κ2) is 11.4. The quantitative estimate of drug-likeness (QED) is 0.445. The Balaban J connectivity index is 0.000000531. The van der Waals surface area contributed by atoms with Gasteiger partial charge < -0.3 is 15.5 Å². The molecule has 0 saturated carbocycles. The van der Waals surface area contributed by atoms with Crippen molar-refractivity contribution in [2.75, 3.05) is 26.2 Å². The molecule has 0 aliphatic carbocycles. The fourth-order valence-electron chi connectivity index (χ4n) is 2.85. The highest BCUT2D eigenvalue weighted by atomic mass is 35.5. The van der Waals surface area contributed by atoms with Crippen molar-refractivity contribution in [3.05, 3.63) is 0 Å². The van der Waals surface area contributed by atoms with Crippen LogP contribution in [0.4, 0.5) is 4.79 Å². The SMILES string of the molecule is CC(C)NC(=O)N1CCC(S(N)(=O)=O)CC1.Cl.NS(=O)(=O)C1CCNCC1. The molecule has 2 aliphatic heterocycles. The predicted molar refractivity (Wildman–Crippen MR) is 108 cm³/mol. The van der Waals surface area contributed by atoms with Gasteiger partial charge in [0, 0.05) is 19.1 Å². The summed E-state index contributed by atoms with van der Waals surface area (Å²) in [4.78, 5) is 13.2. The van der Waals surface area contributed by atoms with Crippen molar-refractivity contribution < 1.29 is 21.6 Å². The lowest BCUT2D eigenvalue weighted by Crippen LogP contribution is -2.49. The van der Waals surface area contributed by atoms with Gasteiger partial charge in [0.05, 0.1) is 10.5 Å². The molecule has 0 spiro atoms. The molecule has 0 unspecified atom stereocenters. The number of amides is 2. The Labute approximate surface area is 168 Å². The van der Waals surface area contributed by atoms with Crippen molar-refractivity contribution >= 4 is 38.5 Å². The van der Waals surface area contributed by atoms with E-state index in [9.17, 15) is 21.6 Å². The number of nitrogens with one attached hydrogen (secondary N) is 2. The molecule has 2 aliphatic rings. The summed E-state index contributed by atoms with van der Waals surface area (Å²) in [6, 6.07) is -0.0497. The number of nitrogens with zero attached hydrogens (tertiary/aromatic N) is 1. The Morgan fingerprint density at radius 3 is 1.70 bits per heavy atom. The maximum atomic E-state index is 11.6. The number of carbonyl (C=O) groups excluding carboxylic acids is 1. The third-order valence-electron chi connectivity index (χ3n) is 4.36. The molecule has 0 bridgehead atoms. The highest BCUT2D eigenvalue weighted by Crippen LogP contribution is 2.15. The van der Waals surface area contributed by atoms with Crippen LogP contribution in [-0.2, 0) is 20.0 Å². The molecular formula is C14H32ClN5O5S2. The number of sulfonamides is 2. The smallest absolute Gasteiger partial charge is 0.317 e. The van der Waals surface area contributed by atoms with Crippen molar-refractivity contribution in [2.24, 2.45) is 10.3 Å². The lowest BCUT2D eigenvalue weighted by Gasteiger charge is -2.31. The number of urea groups is 1. The summed E-state index contributed by atoms with van der Waals surface area (Å²) in [7, 11) is -6.72. The van der Waals surface area contributed by atoms with Gasteiger partial charge in [0.25, 0.3) is 0 Å². The normalized spacial score (nSPS) is 19.7. The van der Waals surface area contributed by atoms with Crippen LogP contribution in [0.15, 0.2) is 0 Å². The topological polar surface area (TPSA) is 165 Å². The monoisotopic (exact) mass is 449 g/mol. The fraction of sp³-hybridized carbons (Fsp3) is 0.929. The van der Waals surface area contributed by atoms with E-state index in [-0.39, 0.29) is 29.7 Å². The molecule has 2 amide bonds. The first-order chi connectivity index (χ1) is 11.9. The van der Waals surface area contributed by atoms with E-state index in [1.165, 1.54) is 0 Å². The van der Waals surface area contributed by atoms with Crippen molar-refractivity contribution in [1.29, 1.82) is 0 Å². The molecule has 0 radical (unpaired) electrons. The molecule has 27 heavy (non-hydrogen) atoms. The number of nitrogens with two attached hydrogens (primary N) is 2. The van der Waals surface area contributed by atoms with E-state index in [4.69, 9.17) is 10.3 Å². The molecule has 2 rings (SSSR count). The standard InChI is InChI=1S/C9H19N3O3S.C5H12N2O2S.ClH/c1-7(2)11-9(13)12-5-3-8(4-6-12)16(10,14)15;6-10(8,9)5-1-3-7-4-2-5;/h7-8H,3-6H2,1-2H3,(H,11,13)(H2,10,14,15);5,7H,1-4H2,(H2,6,8,9);1H. The van der Waals surface area contributed by atoms with E-state index < -0.39 is 25.3 Å². The zero-order valence-electron chi connectivity index (χ0n) is 15.8. The zero-order chi connectivity index (χ0) is 20.0. The van der Waals surface area contributed by atoms with Crippen LogP contribution in [0.2, 0.25) is 0 Å². The van der Waals surface area contributed by atoms with Crippen LogP contribution in [0.5, 0.6) is 0 Å². The molecule has 2 saturated heterocycles. The Kier molecular flexibility index (Phi) is 11.1. The Bertz CT molecular complexity index is 657. The Hall–Kier alpha value is -0.660. The van der Waals surface area contributed by atoms with Gasteiger partial charge in [-0.15, -0.1) is 12.4 Å². The first-order valence-electron chi connectivity index (χ1n) is 8.70. The van der Waals surface area contributed by atoms with Gasteiger partial charge in [-0.1, -0.05) is 0 Å². The van der Waals surface area contributed by atoms with Crippen LogP contribution < -0.4 is 20.9 Å². The number of likely N-dealkylation sites (tertiary alicyclic amines) is 1. The second-order valence-corrected chi connectivity index (χ2v) is 10.6. The number of halogens is 1. The highest BCUT2D eigenvalue weighted by Gasteiger charge is 2.29. The lowest BCUT2D eigenvalue weighted by molar-refractivity contribution is 0.184. The van der Waals surface area contributed by atoms with Gasteiger partial charge in [-0.05, 0) is 52.6 Å². The van der Waals surface area contributed by atoms with Gasteiger partial charge in [-0.3, -0.25) is 0 Å². The number of carbonyl (C=O) groups is 1. The molecular weight excluding hydrogens is 418 g/mol. The number of primary sulfonamides is 2. The van der Waals surface area contributed by atoms with Crippen molar-refractivity contribution in [3.63, 3.8) is 0 Å². The highest BCUT2D eigenvalue weighted by molar-refractivity contribution is 7.90. The second-order valence-electron chi connectivity index (χ2n) is 6.92. The van der Waals surface area contributed by atoms with Crippen LogP contribution in [0.1, 0.15) is 39.5 Å². The molecule has 2 fully saturated rings. The number of hydrogen-bond acceptors (Lipinski definition) is 6. The van der Waals surface area contributed by atoms with Crippen LogP contribution >= 0.6 is 12.4 Å². The van der Waals surface area contributed by atoms with Gasteiger partial charge >= 0.3 is 6.03 Å². The van der Waals surface area contributed by atoms with Crippen molar-refractivity contribution in [1.82, 2.24) is 15.5 Å². The minimum Gasteiger partial charge on any atom is -0.336 e. The molecule has 6 N–H and O–H groups in total. The van der Waals surface area contributed by atoms with E-state index in [1.807, 2.05) is 13.8 Å². The maximum Gasteiger partial charge on any atom is 0.317 e. The van der Waals surface area contributed by atoms with E-state index in [0.717, 1.165) is 13.1 Å². The molecule has 162 valence electrons. The lowest BCUT2D eigenvalue weighted by atomic mass is 10.1. The van der Waals surface area contributed by atoms with Gasteiger partial charge in [-0.2, -0.15) is 0 Å². The largest absolute Gasteiger partial charge is 0.336 e. The minimum absolute atomic E-state index is 0. The van der Waals surface area contributed by atoms with Gasteiger partial charge in [0.1, 0.15) is 0 Å². The van der Waals surface area contributed by atoms with Crippen LogP contribution in [0.3, 0.4) is 0 Å². The van der Waals surface area contributed by atoms with Crippen molar-refractivity contribution in [3.8, 4) is 0 Å². The number of rotatable bonds is 3. The molecule has 13 heteroatoms. The minimum atomic E-state index is -3.46. The first-order valence-corrected chi connectivity index (χ1v) is 11.9. The van der Waals surface area contributed by atoms with Crippen LogP contribution in [0.25, 0.3) is 0 Å². The van der Waals surface area contributed by atoms with Gasteiger partial charge in [-0.25, -0.2) is 31.9 Å². The summed E-state index contributed by atoms with van der Waals surface area (Å²) in [6.45, 7) is 6.19. The summed E-state index contributed by atoms with van der Waals surface area (Å²) in [6.07, 6.45) is 2.15. The third kappa shape index (κ3) is 9.90. The maximum absolute atomic E-state index is 11.6. The third-order valence-corrected chi connectivity index (χ3v) is 7.16.